The van der Waals surface area contributed by atoms with E-state index in [1.807, 2.05) is 0 Å². The molecule has 94 valence electrons. The molecule has 1 saturated carbocycles. The van der Waals surface area contributed by atoms with E-state index in [0.717, 1.165) is 5.90 Å². The predicted molar refractivity (Wildman–Crippen MR) is 49.2 cm³/mol. The Bertz CT molecular complexity index is 361. The molecular weight excluding hydrogens is 250 g/mol. The van der Waals surface area contributed by atoms with Crippen LogP contribution in [0.3, 0.4) is 0 Å². The summed E-state index contributed by atoms with van der Waals surface area (Å²) in [4.78, 5) is 4.50. The summed E-state index contributed by atoms with van der Waals surface area (Å²) >= 11 is 0. The van der Waals surface area contributed by atoms with E-state index in [9.17, 15) is 0 Å². The van der Waals surface area contributed by atoms with Crippen molar-refractivity contribution in [3.63, 3.8) is 0 Å². The molecule has 6 nitrogen and oxygen atoms in total. The first-order valence-electron chi connectivity index (χ1n) is 5.01. The molecule has 1 fully saturated rings. The molecule has 2 heterocycles. The number of rotatable bonds is 0. The van der Waals surface area contributed by atoms with E-state index in [1.54, 1.807) is 7.11 Å². The minimum Gasteiger partial charge on any atom is -0.484 e. The van der Waals surface area contributed by atoms with Crippen LogP contribution in [0.5, 0.6) is 0 Å². The lowest BCUT2D eigenvalue weighted by Crippen LogP contribution is -2.58. The summed E-state index contributed by atoms with van der Waals surface area (Å²) in [5.74, 6) is 2.85. The van der Waals surface area contributed by atoms with Crippen molar-refractivity contribution < 1.29 is 33.6 Å². The monoisotopic (exact) mass is 261 g/mol. The molecule has 4 bridgehead atoms. The number of halogens is 1. The minimum absolute atomic E-state index is 0.236. The van der Waals surface area contributed by atoms with Gasteiger partial charge in [-0.05, 0) is 11.8 Å². The number of hydrogen-bond acceptors (Lipinski definition) is 6. The quantitative estimate of drug-likeness (QED) is 0.476. The molecule has 2 atom stereocenters. The number of nitrogens with zero attached hydrogens (tertiary/aromatic N) is 1. The predicted octanol–water partition coefficient (Wildman–Crippen LogP) is -2.72. The summed E-state index contributed by atoms with van der Waals surface area (Å²) in [7, 11) is -2.97. The minimum atomic E-state index is -4.69. The molecule has 0 amide bonds. The maximum absolute atomic E-state index is 8.60. The average molecular weight is 262 g/mol. The van der Waals surface area contributed by atoms with Gasteiger partial charge in [-0.15, -0.1) is 0 Å². The second-order valence-electron chi connectivity index (χ2n) is 4.01. The lowest BCUT2D eigenvalue weighted by molar-refractivity contribution is -1.92. The Morgan fingerprint density at radius 3 is 2.06 bits per heavy atom. The first kappa shape index (κ1) is 12.5. The van der Waals surface area contributed by atoms with Crippen molar-refractivity contribution in [2.75, 3.05) is 7.11 Å². The molecule has 0 aromatic rings. The van der Waals surface area contributed by atoms with Gasteiger partial charge in [-0.1, -0.05) is 24.3 Å². The maximum atomic E-state index is 8.60. The van der Waals surface area contributed by atoms with Crippen molar-refractivity contribution in [2.24, 2.45) is 22.7 Å². The number of methoxy groups -OCH3 is 1. The van der Waals surface area contributed by atoms with E-state index in [0.29, 0.717) is 17.8 Å². The highest BCUT2D eigenvalue weighted by Crippen LogP contribution is 2.52. The fraction of sp³-hybridized carbons (Fsp3) is 0.500. The van der Waals surface area contributed by atoms with Crippen molar-refractivity contribution in [1.82, 2.24) is 0 Å². The van der Waals surface area contributed by atoms with Crippen LogP contribution in [0.25, 0.3) is 0 Å². The molecule has 17 heavy (non-hydrogen) atoms. The van der Waals surface area contributed by atoms with Crippen LogP contribution in [-0.2, 0) is 4.74 Å². The Balaban J connectivity index is 0.000000188. The van der Waals surface area contributed by atoms with E-state index in [2.05, 4.69) is 29.3 Å². The highest BCUT2D eigenvalue weighted by Gasteiger charge is 2.53. The number of aliphatic imine (C=N–C) groups is 1. The molecule has 2 aliphatic carbocycles. The van der Waals surface area contributed by atoms with Gasteiger partial charge in [0, 0.05) is 5.92 Å². The van der Waals surface area contributed by atoms with Gasteiger partial charge in [0.15, 0.2) is 5.90 Å². The van der Waals surface area contributed by atoms with Crippen LogP contribution in [0, 0.1) is 28.0 Å². The van der Waals surface area contributed by atoms with Crippen LogP contribution in [0.15, 0.2) is 29.3 Å². The lowest BCUT2D eigenvalue weighted by Gasteiger charge is -2.03. The second kappa shape index (κ2) is 4.40. The molecule has 0 aromatic heterocycles. The fourth-order valence-electron chi connectivity index (χ4n) is 2.24. The molecular formula is C10H12ClNO5. The van der Waals surface area contributed by atoms with Gasteiger partial charge < -0.3 is 4.74 Å². The molecule has 2 unspecified atom stereocenters. The topological polar surface area (TPSA) is 111 Å². The third-order valence-electron chi connectivity index (χ3n) is 2.96. The van der Waals surface area contributed by atoms with Gasteiger partial charge in [0.25, 0.3) is 0 Å². The van der Waals surface area contributed by atoms with Gasteiger partial charge in [-0.25, -0.2) is 4.99 Å². The number of hydrogen-bond donors (Lipinski definition) is 1. The zero-order valence-electron chi connectivity index (χ0n) is 9.02. The molecule has 1 N–H and O–H groups in total. The molecule has 0 radical (unpaired) electrons. The molecule has 7 heteroatoms. The molecule has 2 aliphatic heterocycles. The van der Waals surface area contributed by atoms with Crippen LogP contribution in [0.2, 0.25) is 0 Å². The third kappa shape index (κ3) is 3.05. The first-order valence-corrected chi connectivity index (χ1v) is 6.28. The van der Waals surface area contributed by atoms with Gasteiger partial charge in [-0.3, -0.25) is 0 Å². The molecule has 4 rings (SSSR count). The SMILES string of the molecule is COC1=NC2C=CC3C(C=C2)C13.[O-][Cl+3]([O-])([O-])O. The zero-order chi connectivity index (χ0) is 12.6. The van der Waals surface area contributed by atoms with Crippen molar-refractivity contribution >= 4 is 5.90 Å². The van der Waals surface area contributed by atoms with Crippen molar-refractivity contribution in [2.45, 2.75) is 6.04 Å². The molecule has 0 saturated heterocycles. The van der Waals surface area contributed by atoms with E-state index in [-0.39, 0.29) is 6.04 Å². The summed E-state index contributed by atoms with van der Waals surface area (Å²) in [5, 5.41) is 0. The summed E-state index contributed by atoms with van der Waals surface area (Å²) in [5.41, 5.74) is 0. The zero-order valence-corrected chi connectivity index (χ0v) is 9.78. The van der Waals surface area contributed by atoms with Crippen molar-refractivity contribution in [3.8, 4) is 0 Å². The lowest BCUT2D eigenvalue weighted by atomic mass is 10.2. The summed E-state index contributed by atoms with van der Waals surface area (Å²) < 4.78 is 38.0. The largest absolute Gasteiger partial charge is 0.484 e. The highest BCUT2D eigenvalue weighted by atomic mass is 35.7. The third-order valence-corrected chi connectivity index (χ3v) is 2.96. The molecule has 0 spiro atoms. The van der Waals surface area contributed by atoms with Gasteiger partial charge in [0.2, 0.25) is 0 Å². The van der Waals surface area contributed by atoms with Crippen LogP contribution in [-0.4, -0.2) is 23.7 Å². The van der Waals surface area contributed by atoms with Crippen LogP contribution in [0.1, 0.15) is 0 Å². The van der Waals surface area contributed by atoms with Gasteiger partial charge in [0.1, 0.15) is 0 Å². The molecule has 0 aromatic carbocycles. The van der Waals surface area contributed by atoms with Crippen LogP contribution < -0.4 is 14.0 Å². The van der Waals surface area contributed by atoms with E-state index < -0.39 is 10.2 Å². The highest BCUT2D eigenvalue weighted by molar-refractivity contribution is 5.84. The summed E-state index contributed by atoms with van der Waals surface area (Å²) in [6, 6.07) is 0.236. The normalized spacial score (nSPS) is 36.4. The Hall–Kier alpha value is -0.920. The Morgan fingerprint density at radius 2 is 1.65 bits per heavy atom. The summed E-state index contributed by atoms with van der Waals surface area (Å²) in [6.45, 7) is 0. The maximum Gasteiger partial charge on any atom is 0.188 e. The first-order chi connectivity index (χ1) is 7.90. The van der Waals surface area contributed by atoms with Crippen LogP contribution in [0.4, 0.5) is 0 Å². The Labute approximate surface area is 100 Å². The average Bonchev–Trinajstić information content (AvgIpc) is 2.93. The standard InChI is InChI=1S/C10H11NO.ClHO4/c1-12-10-9-7-4-2-6(11-10)3-5-8(7)9;2-1(3,4)5/h2-9H,1H3;(H,2,3,4,5). The Morgan fingerprint density at radius 1 is 1.18 bits per heavy atom. The summed E-state index contributed by atoms with van der Waals surface area (Å²) in [6.07, 6.45) is 8.92. The van der Waals surface area contributed by atoms with Gasteiger partial charge in [-0.2, -0.15) is 14.0 Å². The molecule has 4 aliphatic rings. The van der Waals surface area contributed by atoms with E-state index >= 15 is 0 Å². The van der Waals surface area contributed by atoms with Gasteiger partial charge >= 0.3 is 0 Å². The van der Waals surface area contributed by atoms with E-state index in [1.165, 1.54) is 0 Å². The van der Waals surface area contributed by atoms with Gasteiger partial charge in [0.05, 0.1) is 28.1 Å². The Kier molecular flexibility index (Phi) is 3.24. The van der Waals surface area contributed by atoms with Crippen LogP contribution >= 0.6 is 0 Å². The van der Waals surface area contributed by atoms with E-state index in [4.69, 9.17) is 23.4 Å². The number of ether oxygens (including phenoxy) is 1. The van der Waals surface area contributed by atoms with Crippen molar-refractivity contribution in [1.29, 1.82) is 0 Å². The smallest absolute Gasteiger partial charge is 0.188 e. The second-order valence-corrected chi connectivity index (χ2v) is 4.80. The van der Waals surface area contributed by atoms with Crippen molar-refractivity contribution in [3.05, 3.63) is 24.3 Å². The fourth-order valence-corrected chi connectivity index (χ4v) is 2.24. The number of allylic oxidation sites excluding steroid dienone is 2.